The van der Waals surface area contributed by atoms with Gasteiger partial charge in [0.2, 0.25) is 0 Å². The van der Waals surface area contributed by atoms with Crippen molar-refractivity contribution in [2.24, 2.45) is 5.92 Å². The molecule has 2 fully saturated rings. The van der Waals surface area contributed by atoms with Crippen LogP contribution in [0.4, 0.5) is 4.79 Å². The standard InChI is InChI=1S/C18H19N3O3/c1-12-4-2-3-5-15(12)21-17(23)16(22)20(18(21)24)11-14-8-6-13(10-19)7-9-14/h6-9,12,15H,2-5,11H2,1H3/t12-,15-/m1/s1. The van der Waals surface area contributed by atoms with Gasteiger partial charge in [-0.05, 0) is 36.5 Å². The van der Waals surface area contributed by atoms with Gasteiger partial charge in [-0.1, -0.05) is 31.9 Å². The fourth-order valence-corrected chi connectivity index (χ4v) is 3.50. The van der Waals surface area contributed by atoms with Crippen molar-refractivity contribution in [2.75, 3.05) is 0 Å². The van der Waals surface area contributed by atoms with E-state index in [1.807, 2.05) is 13.0 Å². The van der Waals surface area contributed by atoms with E-state index in [4.69, 9.17) is 5.26 Å². The fraction of sp³-hybridized carbons (Fsp3) is 0.444. The lowest BCUT2D eigenvalue weighted by atomic mass is 9.85. The van der Waals surface area contributed by atoms with E-state index in [-0.39, 0.29) is 18.5 Å². The van der Waals surface area contributed by atoms with Crippen LogP contribution in [0.1, 0.15) is 43.7 Å². The first-order chi connectivity index (χ1) is 11.5. The Hall–Kier alpha value is -2.68. The number of urea groups is 1. The normalized spacial score (nSPS) is 24.4. The summed E-state index contributed by atoms with van der Waals surface area (Å²) in [6.07, 6.45) is 3.79. The van der Waals surface area contributed by atoms with Crippen LogP contribution < -0.4 is 0 Å². The highest BCUT2D eigenvalue weighted by Gasteiger charge is 2.48. The summed E-state index contributed by atoms with van der Waals surface area (Å²) >= 11 is 0. The topological polar surface area (TPSA) is 81.5 Å². The highest BCUT2D eigenvalue weighted by atomic mass is 16.2. The quantitative estimate of drug-likeness (QED) is 0.631. The first kappa shape index (κ1) is 16.2. The molecule has 1 saturated heterocycles. The van der Waals surface area contributed by atoms with Gasteiger partial charge in [-0.15, -0.1) is 0 Å². The number of nitrogens with zero attached hydrogens (tertiary/aromatic N) is 3. The highest BCUT2D eigenvalue weighted by molar-refractivity contribution is 6.44. The lowest BCUT2D eigenvalue weighted by molar-refractivity contribution is -0.144. The summed E-state index contributed by atoms with van der Waals surface area (Å²) in [6, 6.07) is 7.95. The first-order valence-electron chi connectivity index (χ1n) is 8.21. The molecular weight excluding hydrogens is 306 g/mol. The van der Waals surface area contributed by atoms with Gasteiger partial charge in [-0.25, -0.2) is 4.79 Å². The van der Waals surface area contributed by atoms with Crippen molar-refractivity contribution >= 4 is 17.8 Å². The Morgan fingerprint density at radius 2 is 1.75 bits per heavy atom. The number of benzene rings is 1. The Kier molecular flexibility index (Phi) is 4.34. The van der Waals surface area contributed by atoms with Crippen molar-refractivity contribution in [3.63, 3.8) is 0 Å². The van der Waals surface area contributed by atoms with E-state index in [0.29, 0.717) is 11.1 Å². The van der Waals surface area contributed by atoms with Crippen molar-refractivity contribution in [3.05, 3.63) is 35.4 Å². The van der Waals surface area contributed by atoms with Crippen LogP contribution in [-0.2, 0) is 16.1 Å². The fourth-order valence-electron chi connectivity index (χ4n) is 3.50. The molecule has 124 valence electrons. The van der Waals surface area contributed by atoms with Crippen molar-refractivity contribution in [3.8, 4) is 6.07 Å². The SMILES string of the molecule is C[C@@H]1CCCC[C@H]1N1C(=O)C(=O)N(Cc2ccc(C#N)cc2)C1=O. The third kappa shape index (κ3) is 2.78. The predicted octanol–water partition coefficient (Wildman–Crippen LogP) is 2.43. The third-order valence-electron chi connectivity index (χ3n) is 4.91. The molecule has 0 radical (unpaired) electrons. The summed E-state index contributed by atoms with van der Waals surface area (Å²) in [7, 11) is 0. The minimum Gasteiger partial charge on any atom is -0.263 e. The molecule has 1 aromatic carbocycles. The van der Waals surface area contributed by atoms with Crippen molar-refractivity contribution in [1.29, 1.82) is 5.26 Å². The first-order valence-corrected chi connectivity index (χ1v) is 8.21. The summed E-state index contributed by atoms with van der Waals surface area (Å²) in [5.41, 5.74) is 1.22. The van der Waals surface area contributed by atoms with Crippen molar-refractivity contribution < 1.29 is 14.4 Å². The lowest BCUT2D eigenvalue weighted by Gasteiger charge is -2.34. The van der Waals surface area contributed by atoms with Crippen LogP contribution in [-0.4, -0.2) is 33.7 Å². The molecule has 3 rings (SSSR count). The van der Waals surface area contributed by atoms with E-state index in [0.717, 1.165) is 35.5 Å². The second-order valence-electron chi connectivity index (χ2n) is 6.49. The Balaban J connectivity index is 1.79. The molecule has 0 bridgehead atoms. The maximum atomic E-state index is 12.7. The van der Waals surface area contributed by atoms with Gasteiger partial charge in [0.25, 0.3) is 0 Å². The minimum atomic E-state index is -0.762. The number of hydrogen-bond donors (Lipinski definition) is 0. The van der Waals surface area contributed by atoms with Gasteiger partial charge in [-0.2, -0.15) is 5.26 Å². The minimum absolute atomic E-state index is 0.0483. The van der Waals surface area contributed by atoms with Gasteiger partial charge in [-0.3, -0.25) is 19.4 Å². The second kappa shape index (κ2) is 6.44. The van der Waals surface area contributed by atoms with Crippen LogP contribution in [0.2, 0.25) is 0 Å². The third-order valence-corrected chi connectivity index (χ3v) is 4.91. The maximum absolute atomic E-state index is 12.7. The molecule has 1 saturated carbocycles. The highest BCUT2D eigenvalue weighted by Crippen LogP contribution is 2.31. The number of nitriles is 1. The molecule has 1 aliphatic heterocycles. The molecule has 0 spiro atoms. The zero-order valence-corrected chi connectivity index (χ0v) is 13.6. The number of imide groups is 2. The zero-order chi connectivity index (χ0) is 17.3. The second-order valence-corrected chi connectivity index (χ2v) is 6.49. The predicted molar refractivity (Wildman–Crippen MR) is 85.4 cm³/mol. The van der Waals surface area contributed by atoms with Crippen LogP contribution in [0, 0.1) is 17.2 Å². The van der Waals surface area contributed by atoms with E-state index in [2.05, 4.69) is 0 Å². The molecule has 1 heterocycles. The Bertz CT molecular complexity index is 720. The Labute approximate surface area is 140 Å². The van der Waals surface area contributed by atoms with E-state index in [1.165, 1.54) is 0 Å². The summed E-state index contributed by atoms with van der Waals surface area (Å²) < 4.78 is 0. The molecular formula is C18H19N3O3. The monoisotopic (exact) mass is 325 g/mol. The van der Waals surface area contributed by atoms with Gasteiger partial charge in [0.1, 0.15) is 0 Å². The van der Waals surface area contributed by atoms with Crippen LogP contribution in [0.3, 0.4) is 0 Å². The van der Waals surface area contributed by atoms with Gasteiger partial charge >= 0.3 is 17.8 Å². The summed E-state index contributed by atoms with van der Waals surface area (Å²) in [5.74, 6) is -1.26. The van der Waals surface area contributed by atoms with E-state index < -0.39 is 17.8 Å². The lowest BCUT2D eigenvalue weighted by Crippen LogP contribution is -2.46. The average Bonchev–Trinajstić information content (AvgIpc) is 2.80. The van der Waals surface area contributed by atoms with Gasteiger partial charge in [0.05, 0.1) is 18.2 Å². The molecule has 2 atom stereocenters. The number of hydrogen-bond acceptors (Lipinski definition) is 4. The largest absolute Gasteiger partial charge is 0.334 e. The smallest absolute Gasteiger partial charge is 0.263 e. The summed E-state index contributed by atoms with van der Waals surface area (Å²) in [4.78, 5) is 39.4. The van der Waals surface area contributed by atoms with E-state index in [1.54, 1.807) is 24.3 Å². The van der Waals surface area contributed by atoms with Gasteiger partial charge in [0.15, 0.2) is 0 Å². The van der Waals surface area contributed by atoms with Crippen LogP contribution in [0.5, 0.6) is 0 Å². The van der Waals surface area contributed by atoms with Crippen molar-refractivity contribution in [1.82, 2.24) is 9.80 Å². The molecule has 0 aromatic heterocycles. The molecule has 6 heteroatoms. The summed E-state index contributed by atoms with van der Waals surface area (Å²) in [5, 5.41) is 8.82. The Morgan fingerprint density at radius 3 is 2.38 bits per heavy atom. The van der Waals surface area contributed by atoms with Gasteiger partial charge in [0, 0.05) is 6.04 Å². The zero-order valence-electron chi connectivity index (χ0n) is 13.6. The van der Waals surface area contributed by atoms with Crippen LogP contribution in [0.15, 0.2) is 24.3 Å². The molecule has 6 nitrogen and oxygen atoms in total. The van der Waals surface area contributed by atoms with Crippen LogP contribution in [0.25, 0.3) is 0 Å². The average molecular weight is 325 g/mol. The number of amides is 4. The number of carbonyl (C=O) groups excluding carboxylic acids is 3. The molecule has 1 aromatic rings. The molecule has 24 heavy (non-hydrogen) atoms. The number of carbonyl (C=O) groups is 3. The van der Waals surface area contributed by atoms with E-state index in [9.17, 15) is 14.4 Å². The molecule has 1 aliphatic carbocycles. The summed E-state index contributed by atoms with van der Waals surface area (Å²) in [6.45, 7) is 2.07. The van der Waals surface area contributed by atoms with Crippen molar-refractivity contribution in [2.45, 2.75) is 45.2 Å². The van der Waals surface area contributed by atoms with Gasteiger partial charge < -0.3 is 0 Å². The Morgan fingerprint density at radius 1 is 1.08 bits per heavy atom. The number of rotatable bonds is 3. The molecule has 0 N–H and O–H groups in total. The van der Waals surface area contributed by atoms with Crippen LogP contribution >= 0.6 is 0 Å². The maximum Gasteiger partial charge on any atom is 0.334 e. The van der Waals surface area contributed by atoms with E-state index >= 15 is 0 Å². The molecule has 4 amide bonds. The molecule has 0 unspecified atom stereocenters. The molecule has 2 aliphatic rings.